The SMILES string of the molecule is COC(=O)CCOCC1CCOCC1. The molecule has 82 valence electrons. The Morgan fingerprint density at radius 2 is 2.14 bits per heavy atom. The third kappa shape index (κ3) is 4.58. The molecule has 1 fully saturated rings. The quantitative estimate of drug-likeness (QED) is 0.492. The summed E-state index contributed by atoms with van der Waals surface area (Å²) in [5.74, 6) is 0.387. The van der Waals surface area contributed by atoms with Crippen LogP contribution < -0.4 is 0 Å². The number of methoxy groups -OCH3 is 1. The summed E-state index contributed by atoms with van der Waals surface area (Å²) in [6, 6.07) is 0. The van der Waals surface area contributed by atoms with Crippen molar-refractivity contribution in [2.24, 2.45) is 5.92 Å². The van der Waals surface area contributed by atoms with Crippen LogP contribution in [-0.4, -0.2) is 39.5 Å². The molecule has 0 amide bonds. The molecule has 0 aliphatic carbocycles. The van der Waals surface area contributed by atoms with Crippen LogP contribution in [0.5, 0.6) is 0 Å². The first kappa shape index (κ1) is 11.5. The van der Waals surface area contributed by atoms with E-state index in [1.807, 2.05) is 0 Å². The van der Waals surface area contributed by atoms with E-state index >= 15 is 0 Å². The van der Waals surface area contributed by atoms with Gasteiger partial charge in [-0.05, 0) is 18.8 Å². The van der Waals surface area contributed by atoms with Crippen LogP contribution in [0.3, 0.4) is 0 Å². The predicted octanol–water partition coefficient (Wildman–Crippen LogP) is 0.993. The minimum atomic E-state index is -0.211. The Bertz CT molecular complexity index is 164. The highest BCUT2D eigenvalue weighted by Crippen LogP contribution is 2.14. The van der Waals surface area contributed by atoms with Crippen molar-refractivity contribution in [3.05, 3.63) is 0 Å². The molecular formula is C10H18O4. The molecule has 4 heteroatoms. The summed E-state index contributed by atoms with van der Waals surface area (Å²) < 4.78 is 15.1. The van der Waals surface area contributed by atoms with Crippen molar-refractivity contribution in [2.45, 2.75) is 19.3 Å². The van der Waals surface area contributed by atoms with Gasteiger partial charge in [-0.3, -0.25) is 4.79 Å². The predicted molar refractivity (Wildman–Crippen MR) is 51.0 cm³/mol. The molecule has 1 rings (SSSR count). The normalized spacial score (nSPS) is 18.1. The Kier molecular flexibility index (Phi) is 5.56. The van der Waals surface area contributed by atoms with Gasteiger partial charge in [-0.1, -0.05) is 0 Å². The van der Waals surface area contributed by atoms with Crippen molar-refractivity contribution < 1.29 is 19.0 Å². The minimum Gasteiger partial charge on any atom is -0.469 e. The molecule has 4 nitrogen and oxygen atoms in total. The standard InChI is InChI=1S/C10H18O4/c1-12-10(11)4-7-14-8-9-2-5-13-6-3-9/h9H,2-8H2,1H3. The lowest BCUT2D eigenvalue weighted by Crippen LogP contribution is -2.20. The summed E-state index contributed by atoms with van der Waals surface area (Å²) in [5, 5.41) is 0. The molecular weight excluding hydrogens is 184 g/mol. The molecule has 1 saturated heterocycles. The molecule has 0 atom stereocenters. The summed E-state index contributed by atoms with van der Waals surface area (Å²) in [6.07, 6.45) is 2.48. The monoisotopic (exact) mass is 202 g/mol. The van der Waals surface area contributed by atoms with E-state index in [1.165, 1.54) is 7.11 Å². The van der Waals surface area contributed by atoms with Gasteiger partial charge in [0.1, 0.15) is 0 Å². The van der Waals surface area contributed by atoms with E-state index < -0.39 is 0 Å². The Hall–Kier alpha value is -0.610. The second-order valence-electron chi connectivity index (χ2n) is 3.46. The Morgan fingerprint density at radius 3 is 2.79 bits per heavy atom. The molecule has 0 bridgehead atoms. The number of carbonyl (C=O) groups is 1. The van der Waals surface area contributed by atoms with Crippen LogP contribution >= 0.6 is 0 Å². The van der Waals surface area contributed by atoms with Crippen LogP contribution in [0.4, 0.5) is 0 Å². The van der Waals surface area contributed by atoms with Gasteiger partial charge in [0.25, 0.3) is 0 Å². The third-order valence-corrected chi connectivity index (χ3v) is 2.37. The summed E-state index contributed by atoms with van der Waals surface area (Å²) in [5.41, 5.74) is 0. The second kappa shape index (κ2) is 6.79. The molecule has 0 spiro atoms. The maximum atomic E-state index is 10.7. The van der Waals surface area contributed by atoms with Gasteiger partial charge in [-0.2, -0.15) is 0 Å². The van der Waals surface area contributed by atoms with Gasteiger partial charge in [-0.15, -0.1) is 0 Å². The highest BCUT2D eigenvalue weighted by Gasteiger charge is 2.13. The number of hydrogen-bond acceptors (Lipinski definition) is 4. The van der Waals surface area contributed by atoms with Crippen molar-refractivity contribution in [3.63, 3.8) is 0 Å². The molecule has 14 heavy (non-hydrogen) atoms. The number of rotatable bonds is 5. The van der Waals surface area contributed by atoms with Crippen molar-refractivity contribution in [1.29, 1.82) is 0 Å². The number of esters is 1. The number of hydrogen-bond donors (Lipinski definition) is 0. The molecule has 0 N–H and O–H groups in total. The zero-order valence-corrected chi connectivity index (χ0v) is 8.66. The van der Waals surface area contributed by atoms with Crippen LogP contribution in [0.25, 0.3) is 0 Å². The zero-order valence-electron chi connectivity index (χ0n) is 8.66. The van der Waals surface area contributed by atoms with Gasteiger partial charge < -0.3 is 14.2 Å². The van der Waals surface area contributed by atoms with Crippen molar-refractivity contribution in [3.8, 4) is 0 Å². The van der Waals surface area contributed by atoms with Crippen molar-refractivity contribution in [1.82, 2.24) is 0 Å². The lowest BCUT2D eigenvalue weighted by atomic mass is 10.0. The van der Waals surface area contributed by atoms with Gasteiger partial charge >= 0.3 is 5.97 Å². The highest BCUT2D eigenvalue weighted by atomic mass is 16.5. The lowest BCUT2D eigenvalue weighted by molar-refractivity contribution is -0.142. The van der Waals surface area contributed by atoms with Crippen molar-refractivity contribution in [2.75, 3.05) is 33.5 Å². The fraction of sp³-hybridized carbons (Fsp3) is 0.900. The molecule has 0 aromatic carbocycles. The largest absolute Gasteiger partial charge is 0.469 e. The molecule has 0 saturated carbocycles. The van der Waals surface area contributed by atoms with E-state index in [2.05, 4.69) is 4.74 Å². The first-order valence-electron chi connectivity index (χ1n) is 5.05. The molecule has 0 aromatic heterocycles. The molecule has 1 aliphatic heterocycles. The summed E-state index contributed by atoms with van der Waals surface area (Å²) in [6.45, 7) is 2.88. The van der Waals surface area contributed by atoms with Crippen LogP contribution in [0.15, 0.2) is 0 Å². The van der Waals surface area contributed by atoms with Crippen LogP contribution in [0, 0.1) is 5.92 Å². The van der Waals surface area contributed by atoms with Gasteiger partial charge in [0.15, 0.2) is 0 Å². The first-order chi connectivity index (χ1) is 6.83. The van der Waals surface area contributed by atoms with E-state index in [1.54, 1.807) is 0 Å². The van der Waals surface area contributed by atoms with Gasteiger partial charge in [0, 0.05) is 19.8 Å². The van der Waals surface area contributed by atoms with Gasteiger partial charge in [-0.25, -0.2) is 0 Å². The third-order valence-electron chi connectivity index (χ3n) is 2.37. The Morgan fingerprint density at radius 1 is 1.43 bits per heavy atom. The van der Waals surface area contributed by atoms with Gasteiger partial charge in [0.2, 0.25) is 0 Å². The van der Waals surface area contributed by atoms with Crippen molar-refractivity contribution >= 4 is 5.97 Å². The lowest BCUT2D eigenvalue weighted by Gasteiger charge is -2.21. The summed E-state index contributed by atoms with van der Waals surface area (Å²) in [7, 11) is 1.39. The number of ether oxygens (including phenoxy) is 3. The van der Waals surface area contributed by atoms with E-state index in [4.69, 9.17) is 9.47 Å². The topological polar surface area (TPSA) is 44.8 Å². The smallest absolute Gasteiger partial charge is 0.307 e. The maximum absolute atomic E-state index is 10.7. The average molecular weight is 202 g/mol. The van der Waals surface area contributed by atoms with E-state index in [0.29, 0.717) is 18.9 Å². The molecule has 1 aliphatic rings. The Balaban J connectivity index is 1.94. The maximum Gasteiger partial charge on any atom is 0.307 e. The van der Waals surface area contributed by atoms with E-state index in [0.717, 1.165) is 32.7 Å². The zero-order chi connectivity index (χ0) is 10.2. The fourth-order valence-electron chi connectivity index (χ4n) is 1.42. The second-order valence-corrected chi connectivity index (χ2v) is 3.46. The Labute approximate surface area is 84.5 Å². The van der Waals surface area contributed by atoms with E-state index in [-0.39, 0.29) is 5.97 Å². The molecule has 0 unspecified atom stereocenters. The van der Waals surface area contributed by atoms with Gasteiger partial charge in [0.05, 0.1) is 20.1 Å². The van der Waals surface area contributed by atoms with Crippen LogP contribution in [-0.2, 0) is 19.0 Å². The molecule has 0 radical (unpaired) electrons. The van der Waals surface area contributed by atoms with Crippen LogP contribution in [0.1, 0.15) is 19.3 Å². The summed E-state index contributed by atoms with van der Waals surface area (Å²) in [4.78, 5) is 10.7. The summed E-state index contributed by atoms with van der Waals surface area (Å²) >= 11 is 0. The number of carbonyl (C=O) groups excluding carboxylic acids is 1. The first-order valence-corrected chi connectivity index (χ1v) is 5.05. The molecule has 0 aromatic rings. The molecule has 1 heterocycles. The minimum absolute atomic E-state index is 0.211. The van der Waals surface area contributed by atoms with Crippen LogP contribution in [0.2, 0.25) is 0 Å². The highest BCUT2D eigenvalue weighted by molar-refractivity contribution is 5.69. The fourth-order valence-corrected chi connectivity index (χ4v) is 1.42. The average Bonchev–Trinajstić information content (AvgIpc) is 2.25. The van der Waals surface area contributed by atoms with E-state index in [9.17, 15) is 4.79 Å².